The summed E-state index contributed by atoms with van der Waals surface area (Å²) in [6.45, 7) is 9.52. The van der Waals surface area contributed by atoms with Gasteiger partial charge >= 0.3 is 0 Å². The molecule has 1 aromatic carbocycles. The molecule has 1 fully saturated rings. The number of nitrogens with one attached hydrogen (secondary N) is 1. The summed E-state index contributed by atoms with van der Waals surface area (Å²) in [5, 5.41) is 3.63. The number of nitrogens with zero attached hydrogens (tertiary/aromatic N) is 1. The first-order chi connectivity index (χ1) is 9.72. The standard InChI is InChI=1S/C18H28N2/c1-14(2)11-19-12-15-7-8-20(13-15)18-9-16-5-3-4-6-17(16)10-18/h3-6,14-15,18-19H,7-13H2,1-2H3. The number of fused-ring (bicyclic) bond motifs is 1. The Hall–Kier alpha value is -0.860. The zero-order valence-electron chi connectivity index (χ0n) is 12.9. The molecule has 1 heterocycles. The largest absolute Gasteiger partial charge is 0.316 e. The van der Waals surface area contributed by atoms with Gasteiger partial charge in [0.05, 0.1) is 0 Å². The minimum atomic E-state index is 0.761. The van der Waals surface area contributed by atoms with Gasteiger partial charge < -0.3 is 5.32 Å². The second-order valence-electron chi connectivity index (χ2n) is 7.03. The van der Waals surface area contributed by atoms with E-state index in [9.17, 15) is 0 Å². The predicted octanol–water partition coefficient (Wildman–Crippen LogP) is 2.72. The third kappa shape index (κ3) is 3.24. The van der Waals surface area contributed by atoms with Gasteiger partial charge in [0.25, 0.3) is 0 Å². The quantitative estimate of drug-likeness (QED) is 0.886. The second-order valence-corrected chi connectivity index (χ2v) is 7.03. The molecular weight excluding hydrogens is 244 g/mol. The van der Waals surface area contributed by atoms with Gasteiger partial charge in [0.15, 0.2) is 0 Å². The van der Waals surface area contributed by atoms with E-state index in [2.05, 4.69) is 48.3 Å². The van der Waals surface area contributed by atoms with E-state index in [1.165, 1.54) is 38.9 Å². The van der Waals surface area contributed by atoms with Crippen molar-refractivity contribution in [2.75, 3.05) is 26.2 Å². The van der Waals surface area contributed by atoms with Crippen molar-refractivity contribution < 1.29 is 0 Å². The monoisotopic (exact) mass is 272 g/mol. The summed E-state index contributed by atoms with van der Waals surface area (Å²) in [6.07, 6.45) is 3.91. The van der Waals surface area contributed by atoms with Gasteiger partial charge in [-0.2, -0.15) is 0 Å². The maximum Gasteiger partial charge on any atom is 0.0176 e. The first-order valence-electron chi connectivity index (χ1n) is 8.24. The van der Waals surface area contributed by atoms with Gasteiger partial charge in [0, 0.05) is 12.6 Å². The van der Waals surface area contributed by atoms with Crippen LogP contribution in [0, 0.1) is 11.8 Å². The number of likely N-dealkylation sites (tertiary alicyclic amines) is 1. The highest BCUT2D eigenvalue weighted by atomic mass is 15.2. The molecule has 110 valence electrons. The van der Waals surface area contributed by atoms with Gasteiger partial charge in [-0.05, 0) is 61.9 Å². The van der Waals surface area contributed by atoms with E-state index in [-0.39, 0.29) is 0 Å². The molecule has 0 bridgehead atoms. The summed E-state index contributed by atoms with van der Waals surface area (Å²) in [6, 6.07) is 9.76. The molecule has 1 unspecified atom stereocenters. The van der Waals surface area contributed by atoms with Crippen molar-refractivity contribution in [3.05, 3.63) is 35.4 Å². The predicted molar refractivity (Wildman–Crippen MR) is 85.0 cm³/mol. The van der Waals surface area contributed by atoms with Crippen LogP contribution in [0.1, 0.15) is 31.4 Å². The first kappa shape index (κ1) is 14.1. The highest BCUT2D eigenvalue weighted by Gasteiger charge is 2.31. The summed E-state index contributed by atoms with van der Waals surface area (Å²) in [5.41, 5.74) is 3.16. The minimum Gasteiger partial charge on any atom is -0.316 e. The minimum absolute atomic E-state index is 0.761. The number of benzene rings is 1. The van der Waals surface area contributed by atoms with E-state index < -0.39 is 0 Å². The maximum atomic E-state index is 3.63. The molecule has 0 aromatic heterocycles. The number of rotatable bonds is 5. The van der Waals surface area contributed by atoms with Crippen LogP contribution in [0.4, 0.5) is 0 Å². The van der Waals surface area contributed by atoms with Gasteiger partial charge in [-0.25, -0.2) is 0 Å². The van der Waals surface area contributed by atoms with E-state index in [0.717, 1.165) is 24.4 Å². The Morgan fingerprint density at radius 3 is 2.55 bits per heavy atom. The summed E-state index contributed by atoms with van der Waals surface area (Å²) < 4.78 is 0. The molecule has 1 saturated heterocycles. The molecule has 2 aliphatic rings. The zero-order valence-corrected chi connectivity index (χ0v) is 12.9. The Morgan fingerprint density at radius 1 is 1.20 bits per heavy atom. The molecule has 2 heteroatoms. The van der Waals surface area contributed by atoms with E-state index in [1.54, 1.807) is 11.1 Å². The molecule has 1 aromatic rings. The second kappa shape index (κ2) is 6.28. The Balaban J connectivity index is 1.47. The van der Waals surface area contributed by atoms with Crippen LogP contribution in [0.15, 0.2) is 24.3 Å². The molecule has 0 spiro atoms. The molecule has 1 atom stereocenters. The number of hydrogen-bond acceptors (Lipinski definition) is 2. The van der Waals surface area contributed by atoms with Gasteiger partial charge in [0.2, 0.25) is 0 Å². The Morgan fingerprint density at radius 2 is 1.90 bits per heavy atom. The molecular formula is C18H28N2. The lowest BCUT2D eigenvalue weighted by Crippen LogP contribution is -2.35. The topological polar surface area (TPSA) is 15.3 Å². The van der Waals surface area contributed by atoms with Crippen molar-refractivity contribution in [2.45, 2.75) is 39.2 Å². The summed E-state index contributed by atoms with van der Waals surface area (Å²) in [7, 11) is 0. The van der Waals surface area contributed by atoms with E-state index in [0.29, 0.717) is 0 Å². The van der Waals surface area contributed by atoms with E-state index >= 15 is 0 Å². The third-order valence-electron chi connectivity index (χ3n) is 4.85. The summed E-state index contributed by atoms with van der Waals surface area (Å²) in [5.74, 6) is 1.62. The van der Waals surface area contributed by atoms with Gasteiger partial charge in [-0.1, -0.05) is 38.1 Å². The van der Waals surface area contributed by atoms with Crippen LogP contribution in [-0.4, -0.2) is 37.1 Å². The van der Waals surface area contributed by atoms with Crippen molar-refractivity contribution in [2.24, 2.45) is 11.8 Å². The molecule has 1 N–H and O–H groups in total. The summed E-state index contributed by atoms with van der Waals surface area (Å²) in [4.78, 5) is 2.74. The van der Waals surface area contributed by atoms with Crippen LogP contribution in [0.2, 0.25) is 0 Å². The van der Waals surface area contributed by atoms with Crippen LogP contribution < -0.4 is 5.32 Å². The van der Waals surface area contributed by atoms with Crippen LogP contribution in [0.25, 0.3) is 0 Å². The zero-order chi connectivity index (χ0) is 13.9. The average molecular weight is 272 g/mol. The van der Waals surface area contributed by atoms with Crippen LogP contribution in [-0.2, 0) is 12.8 Å². The fraction of sp³-hybridized carbons (Fsp3) is 0.667. The van der Waals surface area contributed by atoms with Crippen molar-refractivity contribution >= 4 is 0 Å². The smallest absolute Gasteiger partial charge is 0.0176 e. The molecule has 1 aliphatic carbocycles. The molecule has 0 radical (unpaired) electrons. The maximum absolute atomic E-state index is 3.63. The van der Waals surface area contributed by atoms with E-state index in [1.807, 2.05) is 0 Å². The first-order valence-corrected chi connectivity index (χ1v) is 8.24. The fourth-order valence-corrected chi connectivity index (χ4v) is 3.73. The van der Waals surface area contributed by atoms with Crippen molar-refractivity contribution in [3.63, 3.8) is 0 Å². The van der Waals surface area contributed by atoms with Crippen LogP contribution >= 0.6 is 0 Å². The lowest BCUT2D eigenvalue weighted by molar-refractivity contribution is 0.239. The molecule has 20 heavy (non-hydrogen) atoms. The molecule has 0 amide bonds. The normalized spacial score (nSPS) is 23.6. The average Bonchev–Trinajstić information content (AvgIpc) is 3.03. The van der Waals surface area contributed by atoms with Crippen LogP contribution in [0.5, 0.6) is 0 Å². The molecule has 0 saturated carbocycles. The molecule has 2 nitrogen and oxygen atoms in total. The van der Waals surface area contributed by atoms with Crippen LogP contribution in [0.3, 0.4) is 0 Å². The molecule has 3 rings (SSSR count). The van der Waals surface area contributed by atoms with Crippen molar-refractivity contribution in [3.8, 4) is 0 Å². The Kier molecular flexibility index (Phi) is 4.42. The van der Waals surface area contributed by atoms with Crippen molar-refractivity contribution in [1.29, 1.82) is 0 Å². The van der Waals surface area contributed by atoms with E-state index in [4.69, 9.17) is 0 Å². The molecule has 1 aliphatic heterocycles. The third-order valence-corrected chi connectivity index (χ3v) is 4.85. The van der Waals surface area contributed by atoms with Crippen molar-refractivity contribution in [1.82, 2.24) is 10.2 Å². The van der Waals surface area contributed by atoms with Gasteiger partial charge in [-0.15, -0.1) is 0 Å². The lowest BCUT2D eigenvalue weighted by atomic mass is 10.1. The summed E-state index contributed by atoms with van der Waals surface area (Å²) >= 11 is 0. The SMILES string of the molecule is CC(C)CNCC1CCN(C2Cc3ccccc3C2)C1. The Bertz CT molecular complexity index is 416. The number of hydrogen-bond donors (Lipinski definition) is 1. The highest BCUT2D eigenvalue weighted by Crippen LogP contribution is 2.29. The fourth-order valence-electron chi connectivity index (χ4n) is 3.73. The lowest BCUT2D eigenvalue weighted by Gasteiger charge is -2.23. The highest BCUT2D eigenvalue weighted by molar-refractivity contribution is 5.33. The Labute approximate surface area is 123 Å². The van der Waals surface area contributed by atoms with Gasteiger partial charge in [0.1, 0.15) is 0 Å². The van der Waals surface area contributed by atoms with Gasteiger partial charge in [-0.3, -0.25) is 4.90 Å².